The Labute approximate surface area is 173 Å². The number of carbonyl (C=O) groups is 1. The number of amides is 1. The van der Waals surface area contributed by atoms with Crippen molar-refractivity contribution in [2.75, 3.05) is 0 Å². The molecule has 3 heterocycles. The second kappa shape index (κ2) is 8.25. The van der Waals surface area contributed by atoms with Crippen LogP contribution in [-0.2, 0) is 4.79 Å². The molecule has 0 saturated heterocycles. The lowest BCUT2D eigenvalue weighted by molar-refractivity contribution is -0.132. The van der Waals surface area contributed by atoms with Gasteiger partial charge in [-0.3, -0.25) is 24.1 Å². The second-order valence-corrected chi connectivity index (χ2v) is 7.76. The van der Waals surface area contributed by atoms with Gasteiger partial charge in [-0.15, -0.1) is 0 Å². The van der Waals surface area contributed by atoms with Crippen LogP contribution in [0.2, 0.25) is 0 Å². The zero-order valence-electron chi connectivity index (χ0n) is 16.9. The molecule has 1 aliphatic heterocycles. The Bertz CT molecular complexity index is 1080. The van der Waals surface area contributed by atoms with Gasteiger partial charge in [0.05, 0.1) is 11.8 Å². The van der Waals surface area contributed by atoms with Gasteiger partial charge in [0.1, 0.15) is 5.56 Å². The summed E-state index contributed by atoms with van der Waals surface area (Å²) in [6, 6.07) is 3.04. The van der Waals surface area contributed by atoms with Crippen molar-refractivity contribution in [3.63, 3.8) is 0 Å². The fourth-order valence-electron chi connectivity index (χ4n) is 4.36. The molecule has 2 aromatic heterocycles. The van der Waals surface area contributed by atoms with Gasteiger partial charge in [0.2, 0.25) is 11.8 Å². The number of hydrogen-bond donors (Lipinski definition) is 2. The molecule has 0 spiro atoms. The zero-order chi connectivity index (χ0) is 21.3. The molecule has 9 nitrogen and oxygen atoms in total. The minimum atomic E-state index is -0.695. The Morgan fingerprint density at radius 3 is 2.70 bits per heavy atom. The molecule has 2 N–H and O–H groups in total. The maximum atomic E-state index is 12.6. The molecule has 9 heteroatoms. The van der Waals surface area contributed by atoms with Crippen LogP contribution < -0.4 is 11.2 Å². The quantitative estimate of drug-likeness (QED) is 0.799. The summed E-state index contributed by atoms with van der Waals surface area (Å²) < 4.78 is 1.28. The SMILES string of the molecule is CCC(=O)N1N=C(c2c(O)n(C3CCCCC3)c(=O)[nH]c2=O)CC1c1cccnc1. The van der Waals surface area contributed by atoms with Gasteiger partial charge < -0.3 is 5.11 Å². The van der Waals surface area contributed by atoms with Crippen molar-refractivity contribution in [3.8, 4) is 5.88 Å². The molecule has 2 aliphatic rings. The van der Waals surface area contributed by atoms with Gasteiger partial charge in [-0.05, 0) is 24.5 Å². The highest BCUT2D eigenvalue weighted by atomic mass is 16.3. The van der Waals surface area contributed by atoms with Crippen LogP contribution in [-0.4, -0.2) is 36.3 Å². The average molecular weight is 411 g/mol. The predicted octanol–water partition coefficient (Wildman–Crippen LogP) is 2.23. The molecule has 1 unspecified atom stereocenters. The van der Waals surface area contributed by atoms with Crippen LogP contribution in [0.15, 0.2) is 39.2 Å². The maximum Gasteiger partial charge on any atom is 0.331 e. The van der Waals surface area contributed by atoms with E-state index in [4.69, 9.17) is 0 Å². The predicted molar refractivity (Wildman–Crippen MR) is 110 cm³/mol. The fourth-order valence-corrected chi connectivity index (χ4v) is 4.36. The number of pyridine rings is 1. The van der Waals surface area contributed by atoms with Crippen molar-refractivity contribution < 1.29 is 9.90 Å². The van der Waals surface area contributed by atoms with Crippen LogP contribution >= 0.6 is 0 Å². The van der Waals surface area contributed by atoms with E-state index >= 15 is 0 Å². The lowest BCUT2D eigenvalue weighted by atomic mass is 9.95. The highest BCUT2D eigenvalue weighted by molar-refractivity contribution is 6.04. The van der Waals surface area contributed by atoms with Crippen molar-refractivity contribution in [3.05, 3.63) is 56.5 Å². The van der Waals surface area contributed by atoms with Crippen molar-refractivity contribution in [2.45, 2.75) is 64.0 Å². The average Bonchev–Trinajstić information content (AvgIpc) is 3.19. The smallest absolute Gasteiger partial charge is 0.331 e. The second-order valence-electron chi connectivity index (χ2n) is 7.76. The highest BCUT2D eigenvalue weighted by Crippen LogP contribution is 2.35. The lowest BCUT2D eigenvalue weighted by Gasteiger charge is -2.25. The Morgan fingerprint density at radius 2 is 2.03 bits per heavy atom. The minimum Gasteiger partial charge on any atom is -0.494 e. The van der Waals surface area contributed by atoms with E-state index in [1.54, 1.807) is 25.4 Å². The molecule has 1 saturated carbocycles. The Morgan fingerprint density at radius 1 is 1.27 bits per heavy atom. The highest BCUT2D eigenvalue weighted by Gasteiger charge is 2.35. The van der Waals surface area contributed by atoms with E-state index in [0.717, 1.165) is 37.7 Å². The van der Waals surface area contributed by atoms with Gasteiger partial charge in [-0.25, -0.2) is 9.80 Å². The molecule has 1 aliphatic carbocycles. The van der Waals surface area contributed by atoms with E-state index in [-0.39, 0.29) is 41.9 Å². The van der Waals surface area contributed by atoms with Crippen molar-refractivity contribution in [2.24, 2.45) is 5.10 Å². The van der Waals surface area contributed by atoms with Gasteiger partial charge in [0.25, 0.3) is 5.56 Å². The molecule has 30 heavy (non-hydrogen) atoms. The molecular weight excluding hydrogens is 386 g/mol. The molecule has 1 fully saturated rings. The minimum absolute atomic E-state index is 0.0412. The fraction of sp³-hybridized carbons (Fsp3) is 0.476. The first-order valence-corrected chi connectivity index (χ1v) is 10.4. The normalized spacial score (nSPS) is 19.7. The van der Waals surface area contributed by atoms with Crippen molar-refractivity contribution in [1.82, 2.24) is 19.5 Å². The summed E-state index contributed by atoms with van der Waals surface area (Å²) in [5, 5.41) is 16.7. The number of hydrogen-bond acceptors (Lipinski definition) is 6. The van der Waals surface area contributed by atoms with E-state index in [9.17, 15) is 19.5 Å². The third kappa shape index (κ3) is 3.55. The molecule has 158 valence electrons. The number of H-pyrrole nitrogens is 1. The first kappa shape index (κ1) is 20.1. The van der Waals surface area contributed by atoms with Crippen molar-refractivity contribution in [1.29, 1.82) is 0 Å². The molecule has 4 rings (SSSR count). The monoisotopic (exact) mass is 411 g/mol. The first-order chi connectivity index (χ1) is 14.5. The van der Waals surface area contributed by atoms with E-state index in [2.05, 4.69) is 15.1 Å². The molecule has 0 aromatic carbocycles. The molecule has 0 bridgehead atoms. The van der Waals surface area contributed by atoms with Crippen LogP contribution in [0.1, 0.15) is 75.1 Å². The van der Waals surface area contributed by atoms with E-state index in [1.165, 1.54) is 9.58 Å². The number of aromatic amines is 1. The number of nitrogens with one attached hydrogen (secondary N) is 1. The number of hydrazone groups is 1. The number of carbonyl (C=O) groups excluding carboxylic acids is 1. The van der Waals surface area contributed by atoms with Crippen molar-refractivity contribution >= 4 is 11.6 Å². The summed E-state index contributed by atoms with van der Waals surface area (Å²) in [6.07, 6.45) is 8.36. The molecule has 1 atom stereocenters. The molecular formula is C21H25N5O4. The van der Waals surface area contributed by atoms with Gasteiger partial charge in [0, 0.05) is 31.3 Å². The summed E-state index contributed by atoms with van der Waals surface area (Å²) in [5.74, 6) is -0.569. The summed E-state index contributed by atoms with van der Waals surface area (Å²) >= 11 is 0. The number of aromatic hydroxyl groups is 1. The summed E-state index contributed by atoms with van der Waals surface area (Å²) in [5.41, 5.74) is -0.278. The Hall–Kier alpha value is -3.23. The largest absolute Gasteiger partial charge is 0.494 e. The van der Waals surface area contributed by atoms with E-state index < -0.39 is 17.3 Å². The van der Waals surface area contributed by atoms with Gasteiger partial charge in [0.15, 0.2) is 0 Å². The van der Waals surface area contributed by atoms with Gasteiger partial charge in [-0.1, -0.05) is 32.3 Å². The molecule has 1 amide bonds. The topological polar surface area (TPSA) is 121 Å². The number of nitrogens with zero attached hydrogens (tertiary/aromatic N) is 4. The molecule has 0 radical (unpaired) electrons. The summed E-state index contributed by atoms with van der Waals surface area (Å²) in [7, 11) is 0. The third-order valence-electron chi connectivity index (χ3n) is 5.88. The summed E-state index contributed by atoms with van der Waals surface area (Å²) in [4.78, 5) is 44.1. The number of rotatable bonds is 4. The van der Waals surface area contributed by atoms with Gasteiger partial charge >= 0.3 is 5.69 Å². The van der Waals surface area contributed by atoms with Gasteiger partial charge in [-0.2, -0.15) is 5.10 Å². The van der Waals surface area contributed by atoms with Crippen LogP contribution in [0, 0.1) is 0 Å². The van der Waals surface area contributed by atoms with Crippen LogP contribution in [0.5, 0.6) is 5.88 Å². The van der Waals surface area contributed by atoms with Crippen LogP contribution in [0.4, 0.5) is 0 Å². The maximum absolute atomic E-state index is 12.6. The lowest BCUT2D eigenvalue weighted by Crippen LogP contribution is -2.36. The standard InChI is InChI=1S/C21H25N5O4/c1-2-17(27)26-16(13-7-6-10-22-12-13)11-15(24-26)18-19(28)23-21(30)25(20(18)29)14-8-4-3-5-9-14/h6-7,10,12,14,16,29H,2-5,8-9,11H2,1H3,(H,23,28,30). The molecule has 2 aromatic rings. The Kier molecular flexibility index (Phi) is 5.52. The van der Waals surface area contributed by atoms with E-state index in [1.807, 2.05) is 6.07 Å². The third-order valence-corrected chi connectivity index (χ3v) is 5.88. The first-order valence-electron chi connectivity index (χ1n) is 10.4. The number of aromatic nitrogens is 3. The van der Waals surface area contributed by atoms with Crippen LogP contribution in [0.25, 0.3) is 0 Å². The van der Waals surface area contributed by atoms with E-state index in [0.29, 0.717) is 0 Å². The zero-order valence-corrected chi connectivity index (χ0v) is 16.9. The Balaban J connectivity index is 1.79. The van der Waals surface area contributed by atoms with Crippen LogP contribution in [0.3, 0.4) is 0 Å². The summed E-state index contributed by atoms with van der Waals surface area (Å²) in [6.45, 7) is 1.74.